The number of pyridine rings is 1. The predicted molar refractivity (Wildman–Crippen MR) is 97.6 cm³/mol. The number of halogens is 1. The van der Waals surface area contributed by atoms with Gasteiger partial charge in [-0.05, 0) is 49.1 Å². The molecule has 130 valence electrons. The van der Waals surface area contributed by atoms with Gasteiger partial charge >= 0.3 is 0 Å². The first-order chi connectivity index (χ1) is 11.4. The van der Waals surface area contributed by atoms with Crippen molar-refractivity contribution in [3.63, 3.8) is 0 Å². The largest absolute Gasteiger partial charge is 0.299 e. The van der Waals surface area contributed by atoms with E-state index >= 15 is 0 Å². The molecule has 1 N–H and O–H groups in total. The number of rotatable bonds is 5. The molecule has 0 amide bonds. The molecule has 1 saturated heterocycles. The first-order valence-electron chi connectivity index (χ1n) is 8.11. The summed E-state index contributed by atoms with van der Waals surface area (Å²) in [6.07, 6.45) is 5.13. The van der Waals surface area contributed by atoms with Gasteiger partial charge in [0.1, 0.15) is 0 Å². The molecule has 3 rings (SSSR count). The lowest BCUT2D eigenvalue weighted by Crippen LogP contribution is -2.40. The van der Waals surface area contributed by atoms with E-state index in [0.29, 0.717) is 12.5 Å². The lowest BCUT2D eigenvalue weighted by atomic mass is 9.97. The van der Waals surface area contributed by atoms with Crippen molar-refractivity contribution in [2.75, 3.05) is 25.9 Å². The van der Waals surface area contributed by atoms with Crippen molar-refractivity contribution in [2.45, 2.75) is 19.4 Å². The summed E-state index contributed by atoms with van der Waals surface area (Å²) in [4.78, 5) is 6.86. The Kier molecular flexibility index (Phi) is 5.39. The second kappa shape index (κ2) is 7.35. The van der Waals surface area contributed by atoms with E-state index in [1.807, 2.05) is 24.3 Å². The smallest absolute Gasteiger partial charge is 0.208 e. The number of sulfonamides is 1. The molecular weight excluding hydrogens is 346 g/mol. The van der Waals surface area contributed by atoms with E-state index in [9.17, 15) is 8.42 Å². The lowest BCUT2D eigenvalue weighted by Gasteiger charge is -2.32. The minimum absolute atomic E-state index is 0.347. The van der Waals surface area contributed by atoms with Crippen molar-refractivity contribution in [3.8, 4) is 0 Å². The number of fused-ring (bicyclic) bond motifs is 1. The van der Waals surface area contributed by atoms with Crippen LogP contribution in [-0.2, 0) is 16.6 Å². The summed E-state index contributed by atoms with van der Waals surface area (Å²) >= 11 is 6.26. The van der Waals surface area contributed by atoms with Crippen molar-refractivity contribution in [3.05, 3.63) is 41.0 Å². The van der Waals surface area contributed by atoms with Gasteiger partial charge in [-0.25, -0.2) is 13.1 Å². The van der Waals surface area contributed by atoms with Crippen molar-refractivity contribution < 1.29 is 8.42 Å². The van der Waals surface area contributed by atoms with Gasteiger partial charge in [0.05, 0.1) is 11.8 Å². The maximum Gasteiger partial charge on any atom is 0.208 e. The Hall–Kier alpha value is -1.21. The molecule has 1 aromatic heterocycles. The SMILES string of the molecule is CS(=O)(=O)NCC1CCCN(Cc2ccc(Cl)c3cccnc23)C1. The van der Waals surface area contributed by atoms with Crippen molar-refractivity contribution >= 4 is 32.5 Å². The zero-order valence-electron chi connectivity index (χ0n) is 13.7. The maximum atomic E-state index is 11.3. The highest BCUT2D eigenvalue weighted by molar-refractivity contribution is 7.88. The summed E-state index contributed by atoms with van der Waals surface area (Å²) in [5, 5.41) is 1.69. The maximum absolute atomic E-state index is 11.3. The standard InChI is InChI=1S/C17H22ClN3O2S/c1-24(22,23)20-10-13-4-3-9-21(11-13)12-14-6-7-16(18)15-5-2-8-19-17(14)15/h2,5-8,13,20H,3-4,9-12H2,1H3. The van der Waals surface area contributed by atoms with Gasteiger partial charge in [-0.3, -0.25) is 9.88 Å². The molecule has 0 saturated carbocycles. The Balaban J connectivity index is 1.71. The highest BCUT2D eigenvalue weighted by atomic mass is 35.5. The second-order valence-corrected chi connectivity index (χ2v) is 8.71. The zero-order chi connectivity index (χ0) is 17.2. The topological polar surface area (TPSA) is 62.3 Å². The van der Waals surface area contributed by atoms with Crippen LogP contribution < -0.4 is 4.72 Å². The Morgan fingerprint density at radius 1 is 1.38 bits per heavy atom. The van der Waals surface area contributed by atoms with Crippen LogP contribution in [0.25, 0.3) is 10.9 Å². The number of nitrogens with one attached hydrogen (secondary N) is 1. The molecule has 2 aromatic rings. The molecule has 1 aliphatic rings. The number of nitrogens with zero attached hydrogens (tertiary/aromatic N) is 2. The normalized spacial score (nSPS) is 19.7. The molecule has 0 spiro atoms. The van der Waals surface area contributed by atoms with Crippen LogP contribution >= 0.6 is 11.6 Å². The van der Waals surface area contributed by atoms with E-state index in [1.54, 1.807) is 6.20 Å². The molecular formula is C17H22ClN3O2S. The molecule has 1 unspecified atom stereocenters. The number of aromatic nitrogens is 1. The fourth-order valence-corrected chi connectivity index (χ4v) is 4.05. The monoisotopic (exact) mass is 367 g/mol. The molecule has 0 radical (unpaired) electrons. The minimum atomic E-state index is -3.13. The van der Waals surface area contributed by atoms with Crippen molar-refractivity contribution in [2.24, 2.45) is 5.92 Å². The Morgan fingerprint density at radius 3 is 3.00 bits per heavy atom. The van der Waals surface area contributed by atoms with E-state index in [1.165, 1.54) is 6.26 Å². The van der Waals surface area contributed by atoms with E-state index < -0.39 is 10.0 Å². The summed E-state index contributed by atoms with van der Waals surface area (Å²) in [6, 6.07) is 7.85. The Bertz CT molecular complexity index is 826. The van der Waals surface area contributed by atoms with Gasteiger partial charge in [0.25, 0.3) is 0 Å². The average Bonchev–Trinajstić information content (AvgIpc) is 2.56. The van der Waals surface area contributed by atoms with Gasteiger partial charge in [-0.15, -0.1) is 0 Å². The molecule has 0 bridgehead atoms. The van der Waals surface area contributed by atoms with Crippen LogP contribution in [0.2, 0.25) is 5.02 Å². The summed E-state index contributed by atoms with van der Waals surface area (Å²) in [5.74, 6) is 0.347. The predicted octanol–water partition coefficient (Wildman–Crippen LogP) is 2.65. The summed E-state index contributed by atoms with van der Waals surface area (Å²) in [5.41, 5.74) is 2.10. The van der Waals surface area contributed by atoms with Crippen LogP contribution in [0.4, 0.5) is 0 Å². The first kappa shape index (κ1) is 17.6. The molecule has 5 nitrogen and oxygen atoms in total. The van der Waals surface area contributed by atoms with E-state index in [-0.39, 0.29) is 0 Å². The molecule has 1 atom stereocenters. The number of hydrogen-bond donors (Lipinski definition) is 1. The van der Waals surface area contributed by atoms with Gasteiger partial charge in [0, 0.05) is 36.2 Å². The molecule has 7 heteroatoms. The Labute approximate surface area is 148 Å². The summed E-state index contributed by atoms with van der Waals surface area (Å²) in [7, 11) is -3.13. The van der Waals surface area contributed by atoms with Gasteiger partial charge in [-0.1, -0.05) is 17.7 Å². The number of hydrogen-bond acceptors (Lipinski definition) is 4. The highest BCUT2D eigenvalue weighted by Crippen LogP contribution is 2.27. The minimum Gasteiger partial charge on any atom is -0.299 e. The van der Waals surface area contributed by atoms with Crippen LogP contribution in [-0.4, -0.2) is 44.2 Å². The fourth-order valence-electron chi connectivity index (χ4n) is 3.30. The molecule has 1 fully saturated rings. The molecule has 24 heavy (non-hydrogen) atoms. The summed E-state index contributed by atoms with van der Waals surface area (Å²) < 4.78 is 25.2. The van der Waals surface area contributed by atoms with Gasteiger partial charge in [0.15, 0.2) is 0 Å². The highest BCUT2D eigenvalue weighted by Gasteiger charge is 2.21. The molecule has 1 aliphatic heterocycles. The average molecular weight is 368 g/mol. The quantitative estimate of drug-likeness (QED) is 0.882. The van der Waals surface area contributed by atoms with E-state index in [2.05, 4.69) is 14.6 Å². The fraction of sp³-hybridized carbons (Fsp3) is 0.471. The summed E-state index contributed by atoms with van der Waals surface area (Å²) in [6.45, 7) is 3.22. The van der Waals surface area contributed by atoms with Crippen molar-refractivity contribution in [1.29, 1.82) is 0 Å². The second-order valence-electron chi connectivity index (χ2n) is 6.47. The number of likely N-dealkylation sites (tertiary alicyclic amines) is 1. The van der Waals surface area contributed by atoms with Crippen LogP contribution in [0.5, 0.6) is 0 Å². The third-order valence-electron chi connectivity index (χ3n) is 4.43. The number of piperidine rings is 1. The first-order valence-corrected chi connectivity index (χ1v) is 10.4. The van der Waals surface area contributed by atoms with Crippen molar-refractivity contribution in [1.82, 2.24) is 14.6 Å². The third-order valence-corrected chi connectivity index (χ3v) is 5.45. The van der Waals surface area contributed by atoms with E-state index in [0.717, 1.165) is 54.0 Å². The lowest BCUT2D eigenvalue weighted by molar-refractivity contribution is 0.169. The van der Waals surface area contributed by atoms with E-state index in [4.69, 9.17) is 11.6 Å². The van der Waals surface area contributed by atoms with Gasteiger partial charge in [0.2, 0.25) is 10.0 Å². The molecule has 2 heterocycles. The van der Waals surface area contributed by atoms with Crippen LogP contribution in [0.3, 0.4) is 0 Å². The number of benzene rings is 1. The van der Waals surface area contributed by atoms with Crippen LogP contribution in [0, 0.1) is 5.92 Å². The van der Waals surface area contributed by atoms with Gasteiger partial charge < -0.3 is 0 Å². The molecule has 0 aliphatic carbocycles. The van der Waals surface area contributed by atoms with Crippen LogP contribution in [0.15, 0.2) is 30.5 Å². The van der Waals surface area contributed by atoms with Crippen LogP contribution in [0.1, 0.15) is 18.4 Å². The third kappa shape index (κ3) is 4.45. The van der Waals surface area contributed by atoms with Gasteiger partial charge in [-0.2, -0.15) is 0 Å². The molecule has 1 aromatic carbocycles. The Morgan fingerprint density at radius 2 is 2.21 bits per heavy atom. The zero-order valence-corrected chi connectivity index (χ0v) is 15.3.